The summed E-state index contributed by atoms with van der Waals surface area (Å²) in [6.07, 6.45) is 2.06. The number of halogens is 2. The van der Waals surface area contributed by atoms with Gasteiger partial charge in [-0.1, -0.05) is 0 Å². The molecule has 1 aliphatic rings. The lowest BCUT2D eigenvalue weighted by molar-refractivity contribution is -0.110. The van der Waals surface area contributed by atoms with Crippen LogP contribution >= 0.6 is 24.8 Å². The molecule has 0 radical (unpaired) electrons. The maximum absolute atomic E-state index is 9.97. The zero-order chi connectivity index (χ0) is 5.11. The van der Waals surface area contributed by atoms with E-state index in [4.69, 9.17) is 0 Å². The van der Waals surface area contributed by atoms with E-state index >= 15 is 0 Å². The molecule has 1 saturated heterocycles. The summed E-state index contributed by atoms with van der Waals surface area (Å²) in [4.78, 5) is 9.97. The Balaban J connectivity index is 0. The second-order valence-corrected chi connectivity index (χ2v) is 1.89. The van der Waals surface area contributed by atoms with E-state index in [0.717, 1.165) is 25.8 Å². The summed E-state index contributed by atoms with van der Waals surface area (Å²) in [5.41, 5.74) is 0. The average molecular weight is 172 g/mol. The van der Waals surface area contributed by atoms with Gasteiger partial charge in [-0.15, -0.1) is 24.8 Å². The van der Waals surface area contributed by atoms with Gasteiger partial charge in [0.2, 0.25) is 0 Å². The second kappa shape index (κ2) is 6.33. The largest absolute Gasteiger partial charge is 0.316 e. The maximum atomic E-state index is 9.97. The van der Waals surface area contributed by atoms with Gasteiger partial charge in [0, 0.05) is 12.5 Å². The summed E-state index contributed by atoms with van der Waals surface area (Å²) in [6.45, 7) is 1.91. The summed E-state index contributed by atoms with van der Waals surface area (Å²) in [5, 5.41) is 3.09. The number of carbonyl (C=O) groups excluding carboxylic acids is 1. The molecule has 1 fully saturated rings. The summed E-state index contributed by atoms with van der Waals surface area (Å²) < 4.78 is 0. The molecule has 9 heavy (non-hydrogen) atoms. The van der Waals surface area contributed by atoms with Crippen LogP contribution in [0.25, 0.3) is 0 Å². The van der Waals surface area contributed by atoms with Gasteiger partial charge in [-0.3, -0.25) is 0 Å². The van der Waals surface area contributed by atoms with Crippen molar-refractivity contribution >= 4 is 31.1 Å². The smallest absolute Gasteiger partial charge is 0.124 e. The SMILES string of the molecule is Cl.Cl.O=C[C@@H]1CCNC1. The van der Waals surface area contributed by atoms with Crippen molar-refractivity contribution in [2.45, 2.75) is 6.42 Å². The predicted octanol–water partition coefficient (Wildman–Crippen LogP) is 0.638. The Labute approximate surface area is 67.2 Å². The summed E-state index contributed by atoms with van der Waals surface area (Å²) >= 11 is 0. The fourth-order valence-electron chi connectivity index (χ4n) is 0.793. The molecule has 2 nitrogen and oxygen atoms in total. The first-order chi connectivity index (χ1) is 3.43. The van der Waals surface area contributed by atoms with Crippen molar-refractivity contribution in [2.24, 2.45) is 5.92 Å². The first kappa shape index (κ1) is 11.9. The van der Waals surface area contributed by atoms with Crippen LogP contribution in [-0.4, -0.2) is 19.4 Å². The Bertz CT molecular complexity index is 73.4. The molecule has 0 amide bonds. The van der Waals surface area contributed by atoms with Crippen LogP contribution in [0.3, 0.4) is 0 Å². The lowest BCUT2D eigenvalue weighted by Gasteiger charge is -1.89. The van der Waals surface area contributed by atoms with E-state index in [2.05, 4.69) is 5.32 Å². The lowest BCUT2D eigenvalue weighted by atomic mass is 10.2. The lowest BCUT2D eigenvalue weighted by Crippen LogP contribution is -2.09. The van der Waals surface area contributed by atoms with Crippen molar-refractivity contribution in [3.8, 4) is 0 Å². The Morgan fingerprint density at radius 2 is 2.11 bits per heavy atom. The summed E-state index contributed by atoms with van der Waals surface area (Å²) in [5.74, 6) is 0.306. The first-order valence-corrected chi connectivity index (χ1v) is 2.59. The van der Waals surface area contributed by atoms with Gasteiger partial charge in [0.25, 0.3) is 0 Å². The second-order valence-electron chi connectivity index (χ2n) is 1.89. The number of carbonyl (C=O) groups is 1. The number of nitrogens with one attached hydrogen (secondary N) is 1. The van der Waals surface area contributed by atoms with Crippen molar-refractivity contribution in [3.05, 3.63) is 0 Å². The summed E-state index contributed by atoms with van der Waals surface area (Å²) in [6, 6.07) is 0. The number of aldehydes is 1. The molecular formula is C5H11Cl2NO. The third-order valence-electron chi connectivity index (χ3n) is 1.29. The van der Waals surface area contributed by atoms with E-state index in [1.54, 1.807) is 0 Å². The monoisotopic (exact) mass is 171 g/mol. The highest BCUT2D eigenvalue weighted by Crippen LogP contribution is 2.01. The van der Waals surface area contributed by atoms with Crippen molar-refractivity contribution in [3.63, 3.8) is 0 Å². The minimum absolute atomic E-state index is 0. The molecule has 1 atom stereocenters. The molecule has 0 aromatic carbocycles. The Morgan fingerprint density at radius 1 is 1.44 bits per heavy atom. The molecule has 1 N–H and O–H groups in total. The minimum Gasteiger partial charge on any atom is -0.316 e. The van der Waals surface area contributed by atoms with Gasteiger partial charge in [0.05, 0.1) is 0 Å². The highest BCUT2D eigenvalue weighted by molar-refractivity contribution is 5.85. The molecule has 1 rings (SSSR count). The Hall–Kier alpha value is 0.210. The van der Waals surface area contributed by atoms with Crippen LogP contribution < -0.4 is 5.32 Å². The van der Waals surface area contributed by atoms with Crippen LogP contribution in [0.5, 0.6) is 0 Å². The van der Waals surface area contributed by atoms with E-state index < -0.39 is 0 Å². The van der Waals surface area contributed by atoms with Crippen LogP contribution in [0.15, 0.2) is 0 Å². The van der Waals surface area contributed by atoms with Gasteiger partial charge >= 0.3 is 0 Å². The van der Waals surface area contributed by atoms with E-state index in [9.17, 15) is 4.79 Å². The molecule has 1 heterocycles. The molecule has 0 aromatic heterocycles. The minimum atomic E-state index is 0. The molecule has 0 unspecified atom stereocenters. The van der Waals surface area contributed by atoms with Crippen molar-refractivity contribution < 1.29 is 4.79 Å². The predicted molar refractivity (Wildman–Crippen MR) is 41.5 cm³/mol. The number of hydrogen-bond donors (Lipinski definition) is 1. The number of hydrogen-bond acceptors (Lipinski definition) is 2. The molecule has 0 saturated carbocycles. The Morgan fingerprint density at radius 3 is 2.33 bits per heavy atom. The highest BCUT2D eigenvalue weighted by Gasteiger charge is 2.11. The molecule has 1 aliphatic heterocycles. The third-order valence-corrected chi connectivity index (χ3v) is 1.29. The molecule has 56 valence electrons. The van der Waals surface area contributed by atoms with Crippen LogP contribution in [0.4, 0.5) is 0 Å². The van der Waals surface area contributed by atoms with Crippen LogP contribution in [-0.2, 0) is 4.79 Å². The maximum Gasteiger partial charge on any atom is 0.124 e. The average Bonchev–Trinajstić information content (AvgIpc) is 2.14. The van der Waals surface area contributed by atoms with Gasteiger partial charge in [-0.25, -0.2) is 0 Å². The molecule has 0 spiro atoms. The molecule has 4 heteroatoms. The fourth-order valence-corrected chi connectivity index (χ4v) is 0.793. The van der Waals surface area contributed by atoms with Gasteiger partial charge in [-0.2, -0.15) is 0 Å². The van der Waals surface area contributed by atoms with Crippen LogP contribution in [0.2, 0.25) is 0 Å². The third kappa shape index (κ3) is 3.73. The van der Waals surface area contributed by atoms with Crippen molar-refractivity contribution in [1.82, 2.24) is 5.32 Å². The van der Waals surface area contributed by atoms with E-state index in [1.807, 2.05) is 0 Å². The highest BCUT2D eigenvalue weighted by atomic mass is 35.5. The first-order valence-electron chi connectivity index (χ1n) is 2.59. The molecule has 0 aliphatic carbocycles. The van der Waals surface area contributed by atoms with Crippen LogP contribution in [0.1, 0.15) is 6.42 Å². The fraction of sp³-hybridized carbons (Fsp3) is 0.800. The molecule has 0 aromatic rings. The van der Waals surface area contributed by atoms with Gasteiger partial charge < -0.3 is 10.1 Å². The van der Waals surface area contributed by atoms with Crippen molar-refractivity contribution in [2.75, 3.05) is 13.1 Å². The van der Waals surface area contributed by atoms with Gasteiger partial charge in [0.15, 0.2) is 0 Å². The number of rotatable bonds is 1. The zero-order valence-electron chi connectivity index (χ0n) is 5.00. The topological polar surface area (TPSA) is 29.1 Å². The van der Waals surface area contributed by atoms with E-state index in [1.165, 1.54) is 0 Å². The van der Waals surface area contributed by atoms with E-state index in [-0.39, 0.29) is 24.8 Å². The van der Waals surface area contributed by atoms with Gasteiger partial charge in [-0.05, 0) is 13.0 Å². The van der Waals surface area contributed by atoms with Crippen molar-refractivity contribution in [1.29, 1.82) is 0 Å². The molecular weight excluding hydrogens is 161 g/mol. The normalized spacial score (nSPS) is 23.8. The molecule has 0 bridgehead atoms. The quantitative estimate of drug-likeness (QED) is 0.588. The van der Waals surface area contributed by atoms with E-state index in [0.29, 0.717) is 5.92 Å². The Kier molecular flexibility index (Phi) is 8.40. The standard InChI is InChI=1S/C5H9NO.2ClH/c7-4-5-1-2-6-3-5;;/h4-6H,1-3H2;2*1H/t5-;;/m1../s1. The zero-order valence-corrected chi connectivity index (χ0v) is 6.63. The summed E-state index contributed by atoms with van der Waals surface area (Å²) in [7, 11) is 0. The van der Waals surface area contributed by atoms with Crippen LogP contribution in [0, 0.1) is 5.92 Å². The van der Waals surface area contributed by atoms with Gasteiger partial charge in [0.1, 0.15) is 6.29 Å².